The van der Waals surface area contributed by atoms with Crippen molar-refractivity contribution in [3.8, 4) is 0 Å². The second-order valence-corrected chi connectivity index (χ2v) is 3.52. The van der Waals surface area contributed by atoms with Crippen LogP contribution in [0.3, 0.4) is 0 Å². The molecule has 6 heteroatoms. The number of nitrogens with one attached hydrogen (secondary N) is 1. The van der Waals surface area contributed by atoms with E-state index in [1.165, 1.54) is 0 Å². The summed E-state index contributed by atoms with van der Waals surface area (Å²) in [5.74, 6) is -0.320. The van der Waals surface area contributed by atoms with Gasteiger partial charge in [-0.05, 0) is 18.1 Å². The monoisotopic (exact) mass is 241 g/mol. The van der Waals surface area contributed by atoms with E-state index in [2.05, 4.69) is 10.3 Å². The zero-order chi connectivity index (χ0) is 10.8. The van der Waals surface area contributed by atoms with E-state index in [9.17, 15) is 9.59 Å². The highest BCUT2D eigenvalue weighted by atomic mass is 35.5. The van der Waals surface area contributed by atoms with Crippen LogP contribution in [0.25, 0.3) is 0 Å². The van der Waals surface area contributed by atoms with Gasteiger partial charge >= 0.3 is 0 Å². The quantitative estimate of drug-likeness (QED) is 0.706. The van der Waals surface area contributed by atoms with Crippen LogP contribution in [0.15, 0.2) is 18.3 Å². The fourth-order valence-corrected chi connectivity index (χ4v) is 1.63. The van der Waals surface area contributed by atoms with Crippen LogP contribution in [0.4, 0.5) is 5.82 Å². The average molecular weight is 242 g/mol. The van der Waals surface area contributed by atoms with Gasteiger partial charge in [-0.2, -0.15) is 0 Å². The molecule has 0 aromatic carbocycles. The number of amides is 2. The molecule has 1 fully saturated rings. The van der Waals surface area contributed by atoms with E-state index in [1.807, 2.05) is 0 Å². The van der Waals surface area contributed by atoms with Crippen molar-refractivity contribution in [1.29, 1.82) is 0 Å². The predicted molar refractivity (Wildman–Crippen MR) is 61.0 cm³/mol. The number of nitrogens with two attached hydrogens (primary N) is 1. The topological polar surface area (TPSA) is 85.1 Å². The van der Waals surface area contributed by atoms with E-state index in [0.717, 1.165) is 5.56 Å². The number of anilines is 1. The molecule has 1 aliphatic rings. The maximum absolute atomic E-state index is 11.5. The number of carbonyl (C=O) groups is 2. The second-order valence-electron chi connectivity index (χ2n) is 3.52. The molecule has 0 bridgehead atoms. The standard InChI is InChI=1S/C10H11N3O2.ClH/c11-8-3-1-6(5-12-8)7-2-4-9(14)13-10(7)15;/h1,3,5,7H,2,4H2,(H2,11,12)(H,13,14,15);1H. The molecule has 1 atom stereocenters. The minimum Gasteiger partial charge on any atom is -0.384 e. The van der Waals surface area contributed by atoms with Crippen LogP contribution in [-0.4, -0.2) is 16.8 Å². The molecular weight excluding hydrogens is 230 g/mol. The van der Waals surface area contributed by atoms with Gasteiger partial charge in [-0.1, -0.05) is 6.07 Å². The highest BCUT2D eigenvalue weighted by molar-refractivity contribution is 6.00. The number of pyridine rings is 1. The minimum atomic E-state index is -0.282. The molecule has 0 spiro atoms. The first-order valence-electron chi connectivity index (χ1n) is 4.72. The molecule has 2 heterocycles. The number of nitrogens with zero attached hydrogens (tertiary/aromatic N) is 1. The molecule has 3 N–H and O–H groups in total. The van der Waals surface area contributed by atoms with Crippen molar-refractivity contribution in [3.63, 3.8) is 0 Å². The Morgan fingerprint density at radius 3 is 2.69 bits per heavy atom. The number of hydrogen-bond donors (Lipinski definition) is 2. The van der Waals surface area contributed by atoms with Crippen LogP contribution >= 0.6 is 12.4 Å². The van der Waals surface area contributed by atoms with Crippen LogP contribution in [-0.2, 0) is 9.59 Å². The summed E-state index contributed by atoms with van der Waals surface area (Å²) in [4.78, 5) is 26.4. The largest absolute Gasteiger partial charge is 0.384 e. The minimum absolute atomic E-state index is 0. The van der Waals surface area contributed by atoms with E-state index >= 15 is 0 Å². The van der Waals surface area contributed by atoms with Crippen molar-refractivity contribution < 1.29 is 9.59 Å². The van der Waals surface area contributed by atoms with Crippen molar-refractivity contribution in [2.24, 2.45) is 0 Å². The fourth-order valence-electron chi connectivity index (χ4n) is 1.63. The van der Waals surface area contributed by atoms with Crippen LogP contribution in [0.1, 0.15) is 24.3 Å². The third kappa shape index (κ3) is 2.49. The zero-order valence-corrected chi connectivity index (χ0v) is 9.29. The van der Waals surface area contributed by atoms with E-state index < -0.39 is 0 Å². The third-order valence-corrected chi connectivity index (χ3v) is 2.45. The first kappa shape index (κ1) is 12.4. The van der Waals surface area contributed by atoms with Crippen molar-refractivity contribution in [2.75, 3.05) is 5.73 Å². The lowest BCUT2D eigenvalue weighted by molar-refractivity contribution is -0.134. The molecule has 0 aliphatic carbocycles. The Kier molecular flexibility index (Phi) is 3.84. The summed E-state index contributed by atoms with van der Waals surface area (Å²) in [5.41, 5.74) is 6.25. The molecule has 0 radical (unpaired) electrons. The number of carbonyl (C=O) groups excluding carboxylic acids is 2. The maximum atomic E-state index is 11.5. The van der Waals surface area contributed by atoms with Gasteiger partial charge in [0.2, 0.25) is 11.8 Å². The highest BCUT2D eigenvalue weighted by Gasteiger charge is 2.27. The molecule has 1 aromatic rings. The lowest BCUT2D eigenvalue weighted by atomic mass is 9.92. The van der Waals surface area contributed by atoms with Crippen LogP contribution < -0.4 is 11.1 Å². The van der Waals surface area contributed by atoms with Gasteiger partial charge in [0.05, 0.1) is 5.92 Å². The molecule has 2 amide bonds. The van der Waals surface area contributed by atoms with Crippen molar-refractivity contribution >= 4 is 30.0 Å². The van der Waals surface area contributed by atoms with Gasteiger partial charge in [0.1, 0.15) is 5.82 Å². The molecule has 1 saturated heterocycles. The Morgan fingerprint density at radius 1 is 1.38 bits per heavy atom. The lowest BCUT2D eigenvalue weighted by Crippen LogP contribution is -2.39. The zero-order valence-electron chi connectivity index (χ0n) is 8.47. The van der Waals surface area contributed by atoms with Gasteiger partial charge in [0, 0.05) is 12.6 Å². The molecule has 16 heavy (non-hydrogen) atoms. The van der Waals surface area contributed by atoms with E-state index in [1.54, 1.807) is 18.3 Å². The number of rotatable bonds is 1. The smallest absolute Gasteiger partial charge is 0.234 e. The molecule has 1 aliphatic heterocycles. The fraction of sp³-hybridized carbons (Fsp3) is 0.300. The molecule has 86 valence electrons. The number of halogens is 1. The average Bonchev–Trinajstić information content (AvgIpc) is 2.20. The molecule has 1 aromatic heterocycles. The van der Waals surface area contributed by atoms with Crippen LogP contribution in [0.2, 0.25) is 0 Å². The third-order valence-electron chi connectivity index (χ3n) is 2.45. The normalized spacial score (nSPS) is 19.9. The molecule has 0 saturated carbocycles. The highest BCUT2D eigenvalue weighted by Crippen LogP contribution is 2.24. The lowest BCUT2D eigenvalue weighted by Gasteiger charge is -2.20. The van der Waals surface area contributed by atoms with Gasteiger partial charge in [-0.15, -0.1) is 12.4 Å². The number of aromatic nitrogens is 1. The Morgan fingerprint density at radius 2 is 2.12 bits per heavy atom. The molecule has 2 rings (SSSR count). The number of hydrogen-bond acceptors (Lipinski definition) is 4. The number of piperidine rings is 1. The summed E-state index contributed by atoms with van der Waals surface area (Å²) >= 11 is 0. The van der Waals surface area contributed by atoms with Gasteiger partial charge in [0.25, 0.3) is 0 Å². The Bertz CT molecular complexity index is 405. The molecule has 5 nitrogen and oxygen atoms in total. The number of imide groups is 1. The van der Waals surface area contributed by atoms with Crippen molar-refractivity contribution in [1.82, 2.24) is 10.3 Å². The summed E-state index contributed by atoms with van der Waals surface area (Å²) in [6.45, 7) is 0. The summed E-state index contributed by atoms with van der Waals surface area (Å²) < 4.78 is 0. The summed E-state index contributed by atoms with van der Waals surface area (Å²) in [5, 5.41) is 2.31. The first-order valence-corrected chi connectivity index (χ1v) is 4.72. The SMILES string of the molecule is Cl.Nc1ccc(C2CCC(=O)NC2=O)cn1. The van der Waals surface area contributed by atoms with E-state index in [4.69, 9.17) is 5.73 Å². The maximum Gasteiger partial charge on any atom is 0.234 e. The second kappa shape index (κ2) is 4.94. The molecule has 1 unspecified atom stereocenters. The first-order chi connectivity index (χ1) is 7.16. The van der Waals surface area contributed by atoms with E-state index in [-0.39, 0.29) is 30.1 Å². The van der Waals surface area contributed by atoms with Gasteiger partial charge in [0.15, 0.2) is 0 Å². The van der Waals surface area contributed by atoms with Crippen molar-refractivity contribution in [3.05, 3.63) is 23.9 Å². The van der Waals surface area contributed by atoms with Crippen LogP contribution in [0.5, 0.6) is 0 Å². The predicted octanol–water partition coefficient (Wildman–Crippen LogP) is 0.606. The summed E-state index contributed by atoms with van der Waals surface area (Å²) in [6.07, 6.45) is 2.49. The van der Waals surface area contributed by atoms with Gasteiger partial charge in [-0.3, -0.25) is 14.9 Å². The van der Waals surface area contributed by atoms with E-state index in [0.29, 0.717) is 18.7 Å². The van der Waals surface area contributed by atoms with Crippen molar-refractivity contribution in [2.45, 2.75) is 18.8 Å². The Balaban J connectivity index is 0.00000128. The number of nitrogen functional groups attached to an aromatic ring is 1. The Hall–Kier alpha value is -1.62. The van der Waals surface area contributed by atoms with Gasteiger partial charge < -0.3 is 5.73 Å². The van der Waals surface area contributed by atoms with Crippen LogP contribution in [0, 0.1) is 0 Å². The Labute approximate surface area is 98.8 Å². The van der Waals surface area contributed by atoms with Gasteiger partial charge in [-0.25, -0.2) is 4.98 Å². The molecular formula is C10H12ClN3O2. The summed E-state index contributed by atoms with van der Waals surface area (Å²) in [6, 6.07) is 3.42. The summed E-state index contributed by atoms with van der Waals surface area (Å²) in [7, 11) is 0.